The van der Waals surface area contributed by atoms with Crippen molar-refractivity contribution in [2.75, 3.05) is 17.7 Å². The summed E-state index contributed by atoms with van der Waals surface area (Å²) in [4.78, 5) is 41.6. The van der Waals surface area contributed by atoms with Crippen molar-refractivity contribution in [3.8, 4) is 22.9 Å². The fourth-order valence-electron chi connectivity index (χ4n) is 3.72. The van der Waals surface area contributed by atoms with Gasteiger partial charge in [-0.25, -0.2) is 14.1 Å². The minimum absolute atomic E-state index is 0.0110. The molecule has 2 heterocycles. The standard InChI is InChI=1S/C28H24FN5O5/c1-16-15-34(19-6-8-20(38-2)9-7-19)33-25(26(16)35)28(37)31-18-5-10-23(22(29)13-18)39-21-11-12-30-24(14-21)32-27(36)17-3-4-17/h5-15,17H,3-4H2,1-2H3,(H,31,37)(H,30,32,36). The Morgan fingerprint density at radius 1 is 1.03 bits per heavy atom. The average molecular weight is 530 g/mol. The summed E-state index contributed by atoms with van der Waals surface area (Å²) >= 11 is 0. The van der Waals surface area contributed by atoms with Crippen molar-refractivity contribution in [3.05, 3.63) is 94.3 Å². The molecule has 198 valence electrons. The first-order valence-electron chi connectivity index (χ1n) is 12.1. The van der Waals surface area contributed by atoms with Gasteiger partial charge in [-0.15, -0.1) is 0 Å². The number of anilines is 2. The van der Waals surface area contributed by atoms with E-state index in [-0.39, 0.29) is 34.7 Å². The number of halogens is 1. The van der Waals surface area contributed by atoms with Gasteiger partial charge < -0.3 is 20.1 Å². The van der Waals surface area contributed by atoms with Gasteiger partial charge in [0.2, 0.25) is 11.3 Å². The van der Waals surface area contributed by atoms with Gasteiger partial charge in [-0.05, 0) is 62.2 Å². The number of hydrogen-bond acceptors (Lipinski definition) is 7. The predicted molar refractivity (Wildman–Crippen MR) is 141 cm³/mol. The van der Waals surface area contributed by atoms with Crippen molar-refractivity contribution in [3.63, 3.8) is 0 Å². The van der Waals surface area contributed by atoms with E-state index in [2.05, 4.69) is 20.7 Å². The average Bonchev–Trinajstić information content (AvgIpc) is 3.78. The van der Waals surface area contributed by atoms with Crippen molar-refractivity contribution in [1.29, 1.82) is 0 Å². The third kappa shape index (κ3) is 5.93. The molecule has 0 unspecified atom stereocenters. The highest BCUT2D eigenvalue weighted by atomic mass is 19.1. The molecule has 1 saturated carbocycles. The maximum atomic E-state index is 14.9. The second-order valence-corrected chi connectivity index (χ2v) is 8.97. The lowest BCUT2D eigenvalue weighted by Gasteiger charge is -2.12. The van der Waals surface area contributed by atoms with E-state index >= 15 is 0 Å². The number of ether oxygens (including phenoxy) is 2. The van der Waals surface area contributed by atoms with Crippen LogP contribution in [0, 0.1) is 18.7 Å². The topological polar surface area (TPSA) is 124 Å². The van der Waals surface area contributed by atoms with Gasteiger partial charge in [0.05, 0.1) is 12.8 Å². The van der Waals surface area contributed by atoms with Gasteiger partial charge in [-0.3, -0.25) is 14.4 Å². The van der Waals surface area contributed by atoms with Crippen molar-refractivity contribution in [2.24, 2.45) is 5.92 Å². The minimum Gasteiger partial charge on any atom is -0.497 e. The van der Waals surface area contributed by atoms with Gasteiger partial charge >= 0.3 is 0 Å². The normalized spacial score (nSPS) is 12.5. The Hall–Kier alpha value is -5.06. The van der Waals surface area contributed by atoms with Crippen LogP contribution in [-0.2, 0) is 4.79 Å². The Balaban J connectivity index is 1.31. The number of hydrogen-bond donors (Lipinski definition) is 2. The molecule has 4 aromatic rings. The number of rotatable bonds is 8. The van der Waals surface area contributed by atoms with Crippen molar-refractivity contribution >= 4 is 23.3 Å². The van der Waals surface area contributed by atoms with E-state index in [4.69, 9.17) is 9.47 Å². The zero-order valence-corrected chi connectivity index (χ0v) is 21.1. The van der Waals surface area contributed by atoms with Gasteiger partial charge in [0.25, 0.3) is 5.91 Å². The lowest BCUT2D eigenvalue weighted by atomic mass is 10.2. The molecule has 0 bridgehead atoms. The molecule has 10 nitrogen and oxygen atoms in total. The number of aromatic nitrogens is 3. The quantitative estimate of drug-likeness (QED) is 0.345. The maximum absolute atomic E-state index is 14.9. The fourth-order valence-corrected chi connectivity index (χ4v) is 3.72. The van der Waals surface area contributed by atoms with Crippen LogP contribution in [0.25, 0.3) is 5.69 Å². The van der Waals surface area contributed by atoms with E-state index in [1.54, 1.807) is 38.3 Å². The first kappa shape index (κ1) is 25.6. The van der Waals surface area contributed by atoms with Crippen LogP contribution >= 0.6 is 0 Å². The highest BCUT2D eigenvalue weighted by Gasteiger charge is 2.29. The monoisotopic (exact) mass is 529 g/mol. The van der Waals surface area contributed by atoms with Crippen LogP contribution in [0.1, 0.15) is 28.9 Å². The number of methoxy groups -OCH3 is 1. The zero-order chi connectivity index (χ0) is 27.5. The van der Waals surface area contributed by atoms with Crippen LogP contribution in [0.2, 0.25) is 0 Å². The Bertz CT molecular complexity index is 1620. The maximum Gasteiger partial charge on any atom is 0.280 e. The Morgan fingerprint density at radius 2 is 1.79 bits per heavy atom. The predicted octanol–water partition coefficient (Wildman–Crippen LogP) is 4.48. The highest BCUT2D eigenvalue weighted by molar-refractivity contribution is 6.02. The number of nitrogens with one attached hydrogen (secondary N) is 2. The molecule has 2 amide bonds. The molecule has 2 aromatic heterocycles. The van der Waals surface area contributed by atoms with Crippen LogP contribution < -0.4 is 25.5 Å². The number of pyridine rings is 1. The summed E-state index contributed by atoms with van der Waals surface area (Å²) in [7, 11) is 1.55. The number of nitrogens with zero attached hydrogens (tertiary/aromatic N) is 3. The van der Waals surface area contributed by atoms with Crippen LogP contribution in [0.3, 0.4) is 0 Å². The molecular weight excluding hydrogens is 505 g/mol. The third-order valence-electron chi connectivity index (χ3n) is 6.00. The molecule has 39 heavy (non-hydrogen) atoms. The van der Waals surface area contributed by atoms with Crippen LogP contribution in [0.15, 0.2) is 71.8 Å². The molecule has 0 radical (unpaired) electrons. The second-order valence-electron chi connectivity index (χ2n) is 8.97. The van der Waals surface area contributed by atoms with Gasteiger partial charge in [0.1, 0.15) is 17.3 Å². The summed E-state index contributed by atoms with van der Waals surface area (Å²) < 4.78 is 27.0. The molecular formula is C28H24FN5O5. The van der Waals surface area contributed by atoms with Crippen LogP contribution in [0.5, 0.6) is 17.2 Å². The summed E-state index contributed by atoms with van der Waals surface area (Å²) in [5.41, 5.74) is 0.151. The van der Waals surface area contributed by atoms with Crippen LogP contribution in [-0.4, -0.2) is 33.7 Å². The molecule has 0 aliphatic heterocycles. The zero-order valence-electron chi connectivity index (χ0n) is 21.1. The van der Waals surface area contributed by atoms with Crippen molar-refractivity contribution in [2.45, 2.75) is 19.8 Å². The second kappa shape index (κ2) is 10.7. The van der Waals surface area contributed by atoms with Crippen molar-refractivity contribution < 1.29 is 23.5 Å². The molecule has 0 saturated heterocycles. The molecule has 5 rings (SSSR count). The number of carbonyl (C=O) groups is 2. The largest absolute Gasteiger partial charge is 0.497 e. The number of benzene rings is 2. The van der Waals surface area contributed by atoms with Gasteiger partial charge in [0, 0.05) is 41.7 Å². The Morgan fingerprint density at radius 3 is 2.49 bits per heavy atom. The SMILES string of the molecule is COc1ccc(-n2cc(C)c(=O)c(C(=O)Nc3ccc(Oc4ccnc(NC(=O)C5CC5)c4)c(F)c3)n2)cc1. The minimum atomic E-state index is -0.788. The van der Waals surface area contributed by atoms with Gasteiger partial charge in [0.15, 0.2) is 17.3 Å². The summed E-state index contributed by atoms with van der Waals surface area (Å²) in [5, 5.41) is 9.41. The van der Waals surface area contributed by atoms with Crippen molar-refractivity contribution in [1.82, 2.24) is 14.8 Å². The number of carbonyl (C=O) groups excluding carboxylic acids is 2. The highest BCUT2D eigenvalue weighted by Crippen LogP contribution is 2.31. The van der Waals surface area contributed by atoms with E-state index in [1.165, 1.54) is 41.3 Å². The van der Waals surface area contributed by atoms with E-state index in [9.17, 15) is 18.8 Å². The van der Waals surface area contributed by atoms with Gasteiger partial charge in [-0.2, -0.15) is 5.10 Å². The Labute approximate surface area is 222 Å². The van der Waals surface area contributed by atoms with Crippen LogP contribution in [0.4, 0.5) is 15.9 Å². The first-order valence-corrected chi connectivity index (χ1v) is 12.1. The van der Waals surface area contributed by atoms with E-state index in [0.717, 1.165) is 18.9 Å². The van der Waals surface area contributed by atoms with E-state index < -0.39 is 17.2 Å². The molecule has 0 spiro atoms. The summed E-state index contributed by atoms with van der Waals surface area (Å²) in [5.74, 6) is -0.510. The molecule has 2 aromatic carbocycles. The Kier molecular flexibility index (Phi) is 7.04. The molecule has 1 fully saturated rings. The molecule has 2 N–H and O–H groups in total. The van der Waals surface area contributed by atoms with E-state index in [0.29, 0.717) is 22.8 Å². The molecule has 1 aliphatic rings. The van der Waals surface area contributed by atoms with E-state index in [1.807, 2.05) is 0 Å². The smallest absolute Gasteiger partial charge is 0.280 e. The lowest BCUT2D eigenvalue weighted by molar-refractivity contribution is -0.117. The third-order valence-corrected chi connectivity index (χ3v) is 6.00. The summed E-state index contributed by atoms with van der Waals surface area (Å²) in [6, 6.07) is 13.8. The van der Waals surface area contributed by atoms with Gasteiger partial charge in [-0.1, -0.05) is 0 Å². The summed E-state index contributed by atoms with van der Waals surface area (Å²) in [6.45, 7) is 1.58. The fraction of sp³-hybridized carbons (Fsp3) is 0.179. The molecule has 0 atom stereocenters. The molecule has 1 aliphatic carbocycles. The summed E-state index contributed by atoms with van der Waals surface area (Å²) in [6.07, 6.45) is 4.68. The number of amides is 2. The lowest BCUT2D eigenvalue weighted by Crippen LogP contribution is -2.27. The molecule has 11 heteroatoms. The number of aryl methyl sites for hydroxylation is 1. The first-order chi connectivity index (χ1) is 18.8.